The van der Waals surface area contributed by atoms with E-state index in [9.17, 15) is 13.2 Å². The number of amides is 1. The predicted octanol–water partition coefficient (Wildman–Crippen LogP) is 1.71. The molecule has 1 aromatic rings. The zero-order valence-electron chi connectivity index (χ0n) is 13.5. The van der Waals surface area contributed by atoms with Gasteiger partial charge in [0.15, 0.2) is 0 Å². The summed E-state index contributed by atoms with van der Waals surface area (Å²) in [5, 5.41) is 0.623. The van der Waals surface area contributed by atoms with E-state index in [1.54, 1.807) is 17.0 Å². The van der Waals surface area contributed by atoms with Gasteiger partial charge in [-0.05, 0) is 37.0 Å². The van der Waals surface area contributed by atoms with Gasteiger partial charge >= 0.3 is 0 Å². The Labute approximate surface area is 148 Å². The highest BCUT2D eigenvalue weighted by Gasteiger charge is 2.35. The molecule has 0 radical (unpaired) electrons. The molecule has 1 amide bonds. The number of benzene rings is 1. The zero-order valence-corrected chi connectivity index (χ0v) is 15.1. The van der Waals surface area contributed by atoms with E-state index in [1.807, 2.05) is 12.1 Å². The summed E-state index contributed by atoms with van der Waals surface area (Å²) in [6.45, 7) is 2.59. The smallest absolute Gasteiger partial charge is 0.282 e. The van der Waals surface area contributed by atoms with Crippen LogP contribution in [0.4, 0.5) is 0 Å². The Kier molecular flexibility index (Phi) is 5.44. The Bertz CT molecular complexity index is 687. The number of nitrogens with zero attached hydrogens (tertiary/aromatic N) is 3. The highest BCUT2D eigenvalue weighted by Crippen LogP contribution is 2.21. The van der Waals surface area contributed by atoms with Crippen LogP contribution >= 0.6 is 11.6 Å². The molecule has 2 heterocycles. The molecule has 0 spiro atoms. The van der Waals surface area contributed by atoms with Gasteiger partial charge in [0.2, 0.25) is 5.91 Å². The Morgan fingerprint density at radius 1 is 0.958 bits per heavy atom. The first-order valence-corrected chi connectivity index (χ1v) is 10.0. The van der Waals surface area contributed by atoms with Crippen molar-refractivity contribution in [3.05, 3.63) is 34.9 Å². The van der Waals surface area contributed by atoms with Gasteiger partial charge in [0.1, 0.15) is 0 Å². The van der Waals surface area contributed by atoms with Gasteiger partial charge in [0.25, 0.3) is 10.2 Å². The van der Waals surface area contributed by atoms with Crippen molar-refractivity contribution in [1.82, 2.24) is 13.5 Å². The van der Waals surface area contributed by atoms with Gasteiger partial charge in [0, 0.05) is 37.7 Å². The number of likely N-dealkylation sites (tertiary alicyclic amines) is 1. The van der Waals surface area contributed by atoms with E-state index in [1.165, 1.54) is 8.61 Å². The summed E-state index contributed by atoms with van der Waals surface area (Å²) >= 11 is 5.87. The van der Waals surface area contributed by atoms with Gasteiger partial charge < -0.3 is 4.90 Å². The minimum Gasteiger partial charge on any atom is -0.342 e. The van der Waals surface area contributed by atoms with Gasteiger partial charge in [-0.3, -0.25) is 4.79 Å². The molecule has 0 N–H and O–H groups in total. The van der Waals surface area contributed by atoms with Crippen LogP contribution in [0, 0.1) is 0 Å². The van der Waals surface area contributed by atoms with Crippen LogP contribution < -0.4 is 0 Å². The second kappa shape index (κ2) is 7.39. The van der Waals surface area contributed by atoms with Crippen LogP contribution in [-0.4, -0.2) is 60.6 Å². The molecule has 0 saturated carbocycles. The molecule has 24 heavy (non-hydrogen) atoms. The molecule has 8 heteroatoms. The van der Waals surface area contributed by atoms with E-state index < -0.39 is 10.2 Å². The van der Waals surface area contributed by atoms with Crippen molar-refractivity contribution in [3.8, 4) is 0 Å². The Morgan fingerprint density at radius 2 is 1.58 bits per heavy atom. The van der Waals surface area contributed by atoms with Crippen molar-refractivity contribution < 1.29 is 13.2 Å². The van der Waals surface area contributed by atoms with Crippen LogP contribution in [0.15, 0.2) is 24.3 Å². The molecule has 0 aromatic heterocycles. The Balaban J connectivity index is 1.68. The van der Waals surface area contributed by atoms with Crippen molar-refractivity contribution in [2.24, 2.45) is 0 Å². The highest BCUT2D eigenvalue weighted by atomic mass is 35.5. The fourth-order valence-electron chi connectivity index (χ4n) is 3.15. The monoisotopic (exact) mass is 371 g/mol. The predicted molar refractivity (Wildman–Crippen MR) is 92.8 cm³/mol. The average molecular weight is 372 g/mol. The summed E-state index contributed by atoms with van der Waals surface area (Å²) in [6, 6.07) is 7.16. The fraction of sp³-hybridized carbons (Fsp3) is 0.562. The van der Waals surface area contributed by atoms with Crippen LogP contribution in [0.1, 0.15) is 24.8 Å². The zero-order chi connectivity index (χ0) is 17.2. The number of rotatable bonds is 4. The second-order valence-corrected chi connectivity index (χ2v) is 8.61. The summed E-state index contributed by atoms with van der Waals surface area (Å²) < 4.78 is 28.3. The van der Waals surface area contributed by atoms with Gasteiger partial charge in [-0.1, -0.05) is 23.7 Å². The molecule has 1 aromatic carbocycles. The normalized spacial score (nSPS) is 22.0. The standard InChI is InChI=1S/C16H22ClN3O3S/c17-15-6-4-14(5-7-15)12-19-10-3-11-20(24(19,22)23)13-16(21)18-8-1-2-9-18/h4-7H,1-3,8-13H2. The lowest BCUT2D eigenvalue weighted by atomic mass is 10.2. The number of carbonyl (C=O) groups excluding carboxylic acids is 1. The molecular weight excluding hydrogens is 350 g/mol. The third-order valence-electron chi connectivity index (χ3n) is 4.51. The summed E-state index contributed by atoms with van der Waals surface area (Å²) in [5.74, 6) is -0.0931. The van der Waals surface area contributed by atoms with E-state index in [0.29, 0.717) is 24.7 Å². The second-order valence-electron chi connectivity index (χ2n) is 6.24. The average Bonchev–Trinajstić information content (AvgIpc) is 3.08. The van der Waals surface area contributed by atoms with Crippen LogP contribution in [0.5, 0.6) is 0 Å². The van der Waals surface area contributed by atoms with E-state index >= 15 is 0 Å². The molecule has 2 aliphatic heterocycles. The highest BCUT2D eigenvalue weighted by molar-refractivity contribution is 7.86. The molecule has 0 unspecified atom stereocenters. The Hall–Kier alpha value is -1.15. The Morgan fingerprint density at radius 3 is 2.25 bits per heavy atom. The number of hydrogen-bond donors (Lipinski definition) is 0. The minimum atomic E-state index is -3.61. The summed E-state index contributed by atoms with van der Waals surface area (Å²) in [6.07, 6.45) is 2.72. The van der Waals surface area contributed by atoms with Crippen molar-refractivity contribution >= 4 is 27.7 Å². The molecule has 0 bridgehead atoms. The maximum absolute atomic E-state index is 12.8. The third-order valence-corrected chi connectivity index (χ3v) is 6.69. The third kappa shape index (κ3) is 3.91. The first-order chi connectivity index (χ1) is 11.5. The van der Waals surface area contributed by atoms with E-state index in [2.05, 4.69) is 0 Å². The minimum absolute atomic E-state index is 0.0561. The molecule has 2 fully saturated rings. The summed E-state index contributed by atoms with van der Waals surface area (Å²) in [7, 11) is -3.61. The maximum Gasteiger partial charge on any atom is 0.282 e. The topological polar surface area (TPSA) is 60.9 Å². The number of carbonyl (C=O) groups is 1. The molecule has 3 rings (SSSR count). The first kappa shape index (κ1) is 17.7. The molecule has 132 valence electrons. The SMILES string of the molecule is O=C(CN1CCCN(Cc2ccc(Cl)cc2)S1(=O)=O)N1CCCC1. The van der Waals surface area contributed by atoms with Crippen LogP contribution in [0.25, 0.3) is 0 Å². The lowest BCUT2D eigenvalue weighted by Gasteiger charge is -2.35. The van der Waals surface area contributed by atoms with Crippen molar-refractivity contribution in [3.63, 3.8) is 0 Å². The van der Waals surface area contributed by atoms with Crippen molar-refractivity contribution in [2.45, 2.75) is 25.8 Å². The quantitative estimate of drug-likeness (QED) is 0.809. The molecule has 0 atom stereocenters. The van der Waals surface area contributed by atoms with Crippen LogP contribution in [0.3, 0.4) is 0 Å². The van der Waals surface area contributed by atoms with Crippen LogP contribution in [0.2, 0.25) is 5.02 Å². The lowest BCUT2D eigenvalue weighted by Crippen LogP contribution is -2.52. The van der Waals surface area contributed by atoms with E-state index in [4.69, 9.17) is 11.6 Å². The van der Waals surface area contributed by atoms with Crippen molar-refractivity contribution in [2.75, 3.05) is 32.7 Å². The number of hydrogen-bond acceptors (Lipinski definition) is 3. The molecule has 2 saturated heterocycles. The van der Waals surface area contributed by atoms with E-state index in [-0.39, 0.29) is 12.5 Å². The molecule has 6 nitrogen and oxygen atoms in total. The lowest BCUT2D eigenvalue weighted by molar-refractivity contribution is -0.130. The van der Waals surface area contributed by atoms with Crippen molar-refractivity contribution in [1.29, 1.82) is 0 Å². The molecule has 2 aliphatic rings. The van der Waals surface area contributed by atoms with Gasteiger partial charge in [-0.15, -0.1) is 0 Å². The number of halogens is 1. The summed E-state index contributed by atoms with van der Waals surface area (Å²) in [4.78, 5) is 14.0. The molecule has 0 aliphatic carbocycles. The van der Waals surface area contributed by atoms with E-state index in [0.717, 1.165) is 37.9 Å². The largest absolute Gasteiger partial charge is 0.342 e. The fourth-order valence-corrected chi connectivity index (χ4v) is 4.91. The van der Waals surface area contributed by atoms with Crippen LogP contribution in [-0.2, 0) is 21.5 Å². The summed E-state index contributed by atoms with van der Waals surface area (Å²) in [5.41, 5.74) is 0.885. The molecular formula is C16H22ClN3O3S. The van der Waals surface area contributed by atoms with Gasteiger partial charge in [-0.2, -0.15) is 17.0 Å². The maximum atomic E-state index is 12.8. The van der Waals surface area contributed by atoms with Gasteiger partial charge in [0.05, 0.1) is 6.54 Å². The van der Waals surface area contributed by atoms with Gasteiger partial charge in [-0.25, -0.2) is 0 Å². The first-order valence-electron chi connectivity index (χ1n) is 8.24.